The number of nitrogens with zero attached hydrogens (tertiary/aromatic N) is 1. The molecule has 21 heavy (non-hydrogen) atoms. The van der Waals surface area contributed by atoms with E-state index in [1.165, 1.54) is 18.4 Å². The van der Waals surface area contributed by atoms with Crippen LogP contribution in [0.4, 0.5) is 0 Å². The molecular formula is C18H24N2O. The Labute approximate surface area is 126 Å². The smallest absolute Gasteiger partial charge is 0.117 e. The van der Waals surface area contributed by atoms with E-state index in [2.05, 4.69) is 41.3 Å². The van der Waals surface area contributed by atoms with E-state index in [1.807, 2.05) is 6.07 Å². The first-order chi connectivity index (χ1) is 10.3. The van der Waals surface area contributed by atoms with Crippen LogP contribution in [0, 0.1) is 0 Å². The lowest BCUT2D eigenvalue weighted by molar-refractivity contribution is 0.125. The monoisotopic (exact) mass is 284 g/mol. The van der Waals surface area contributed by atoms with Crippen molar-refractivity contribution in [1.82, 2.24) is 4.90 Å². The Balaban J connectivity index is 1.71. The third kappa shape index (κ3) is 3.96. The number of hydrogen-bond acceptors (Lipinski definition) is 3. The Bertz CT molecular complexity index is 515. The van der Waals surface area contributed by atoms with Crippen LogP contribution in [-0.4, -0.2) is 17.0 Å². The maximum Gasteiger partial charge on any atom is 0.117 e. The van der Waals surface area contributed by atoms with Crippen LogP contribution in [0.3, 0.4) is 0 Å². The highest BCUT2D eigenvalue weighted by Gasteiger charge is 2.25. The van der Waals surface area contributed by atoms with Crippen LogP contribution in [-0.2, 0) is 13.1 Å². The van der Waals surface area contributed by atoms with Gasteiger partial charge in [-0.15, -0.1) is 0 Å². The third-order valence-corrected chi connectivity index (χ3v) is 4.43. The standard InChI is InChI=1S/C18H24N2O/c19-16-8-10-17(11-9-16)20(14-18-7-4-12-21-18)13-15-5-2-1-3-6-15/h1-7,12,16-17H,8-11,13-14,19H2. The lowest BCUT2D eigenvalue weighted by Gasteiger charge is -2.35. The SMILES string of the molecule is NC1CCC(N(Cc2ccccc2)Cc2ccco2)CC1. The zero-order valence-electron chi connectivity index (χ0n) is 12.4. The van der Waals surface area contributed by atoms with Gasteiger partial charge in [0.2, 0.25) is 0 Å². The van der Waals surface area contributed by atoms with Gasteiger partial charge in [-0.3, -0.25) is 4.90 Å². The van der Waals surface area contributed by atoms with E-state index in [1.54, 1.807) is 6.26 Å². The molecule has 0 radical (unpaired) electrons. The zero-order valence-corrected chi connectivity index (χ0v) is 12.4. The fraction of sp³-hybridized carbons (Fsp3) is 0.444. The Hall–Kier alpha value is -1.58. The van der Waals surface area contributed by atoms with Crippen molar-refractivity contribution >= 4 is 0 Å². The van der Waals surface area contributed by atoms with E-state index < -0.39 is 0 Å². The molecule has 0 amide bonds. The van der Waals surface area contributed by atoms with Crippen LogP contribution in [0.1, 0.15) is 37.0 Å². The predicted octanol–water partition coefficient (Wildman–Crippen LogP) is 3.55. The van der Waals surface area contributed by atoms with Gasteiger partial charge in [-0.25, -0.2) is 0 Å². The molecule has 0 unspecified atom stereocenters. The summed E-state index contributed by atoms with van der Waals surface area (Å²) >= 11 is 0. The first-order valence-electron chi connectivity index (χ1n) is 7.87. The molecule has 0 atom stereocenters. The van der Waals surface area contributed by atoms with Crippen LogP contribution >= 0.6 is 0 Å². The van der Waals surface area contributed by atoms with Crippen molar-refractivity contribution in [2.24, 2.45) is 5.73 Å². The van der Waals surface area contributed by atoms with E-state index in [0.717, 1.165) is 31.7 Å². The summed E-state index contributed by atoms with van der Waals surface area (Å²) in [5.74, 6) is 1.04. The van der Waals surface area contributed by atoms with E-state index in [9.17, 15) is 0 Å². The second-order valence-corrected chi connectivity index (χ2v) is 6.04. The summed E-state index contributed by atoms with van der Waals surface area (Å²) in [6.07, 6.45) is 6.40. The summed E-state index contributed by atoms with van der Waals surface area (Å²) in [6.45, 7) is 1.85. The van der Waals surface area contributed by atoms with Crippen LogP contribution in [0.2, 0.25) is 0 Å². The Morgan fingerprint density at radius 3 is 2.38 bits per heavy atom. The summed E-state index contributed by atoms with van der Waals surface area (Å²) < 4.78 is 5.55. The second-order valence-electron chi connectivity index (χ2n) is 6.04. The molecule has 0 spiro atoms. The molecule has 112 valence electrons. The van der Waals surface area contributed by atoms with Gasteiger partial charge < -0.3 is 10.2 Å². The Kier molecular flexibility index (Phi) is 4.73. The topological polar surface area (TPSA) is 42.4 Å². The van der Waals surface area contributed by atoms with Gasteiger partial charge >= 0.3 is 0 Å². The number of benzene rings is 1. The Morgan fingerprint density at radius 1 is 0.952 bits per heavy atom. The number of rotatable bonds is 5. The molecule has 1 saturated carbocycles. The van der Waals surface area contributed by atoms with Gasteiger partial charge in [0, 0.05) is 18.6 Å². The first-order valence-corrected chi connectivity index (χ1v) is 7.87. The molecule has 2 aromatic rings. The van der Waals surface area contributed by atoms with Crippen molar-refractivity contribution in [3.63, 3.8) is 0 Å². The minimum atomic E-state index is 0.392. The molecule has 1 aromatic heterocycles. The maximum absolute atomic E-state index is 6.05. The molecule has 3 rings (SSSR count). The van der Waals surface area contributed by atoms with Gasteiger partial charge in [0.15, 0.2) is 0 Å². The van der Waals surface area contributed by atoms with Gasteiger partial charge in [-0.2, -0.15) is 0 Å². The predicted molar refractivity (Wildman–Crippen MR) is 84.6 cm³/mol. The highest BCUT2D eigenvalue weighted by Crippen LogP contribution is 2.25. The van der Waals surface area contributed by atoms with E-state index in [-0.39, 0.29) is 0 Å². The average molecular weight is 284 g/mol. The van der Waals surface area contributed by atoms with Crippen molar-refractivity contribution in [3.8, 4) is 0 Å². The summed E-state index contributed by atoms with van der Waals surface area (Å²) in [5.41, 5.74) is 7.41. The molecule has 1 fully saturated rings. The molecule has 3 heteroatoms. The average Bonchev–Trinajstić information content (AvgIpc) is 3.01. The zero-order chi connectivity index (χ0) is 14.5. The summed E-state index contributed by atoms with van der Waals surface area (Å²) in [4.78, 5) is 2.54. The summed E-state index contributed by atoms with van der Waals surface area (Å²) in [6, 6.07) is 15.7. The largest absolute Gasteiger partial charge is 0.468 e. The second kappa shape index (κ2) is 6.92. The molecule has 1 aliphatic carbocycles. The van der Waals surface area contributed by atoms with Gasteiger partial charge in [0.1, 0.15) is 5.76 Å². The molecule has 1 aromatic carbocycles. The van der Waals surface area contributed by atoms with Crippen molar-refractivity contribution in [3.05, 3.63) is 60.1 Å². The number of hydrogen-bond donors (Lipinski definition) is 1. The highest BCUT2D eigenvalue weighted by atomic mass is 16.3. The van der Waals surface area contributed by atoms with Crippen LogP contribution in [0.5, 0.6) is 0 Å². The van der Waals surface area contributed by atoms with Gasteiger partial charge in [0.25, 0.3) is 0 Å². The molecule has 0 bridgehead atoms. The van der Waals surface area contributed by atoms with Crippen molar-refractivity contribution in [1.29, 1.82) is 0 Å². The highest BCUT2D eigenvalue weighted by molar-refractivity contribution is 5.15. The fourth-order valence-electron chi connectivity index (χ4n) is 3.20. The van der Waals surface area contributed by atoms with Crippen LogP contribution in [0.15, 0.2) is 53.1 Å². The van der Waals surface area contributed by atoms with E-state index in [4.69, 9.17) is 10.2 Å². The lowest BCUT2D eigenvalue weighted by Crippen LogP contribution is -2.40. The van der Waals surface area contributed by atoms with Crippen molar-refractivity contribution in [2.45, 2.75) is 50.9 Å². The summed E-state index contributed by atoms with van der Waals surface area (Å²) in [7, 11) is 0. The third-order valence-electron chi connectivity index (χ3n) is 4.43. The molecule has 3 nitrogen and oxygen atoms in total. The van der Waals surface area contributed by atoms with E-state index >= 15 is 0 Å². The van der Waals surface area contributed by atoms with Gasteiger partial charge in [0.05, 0.1) is 12.8 Å². The molecule has 0 saturated heterocycles. The maximum atomic E-state index is 6.05. The molecule has 1 aliphatic rings. The normalized spacial score (nSPS) is 22.6. The Morgan fingerprint density at radius 2 is 1.71 bits per heavy atom. The minimum absolute atomic E-state index is 0.392. The number of nitrogens with two attached hydrogens (primary N) is 1. The number of furan rings is 1. The summed E-state index contributed by atoms with van der Waals surface area (Å²) in [5, 5.41) is 0. The van der Waals surface area contributed by atoms with Crippen molar-refractivity contribution < 1.29 is 4.42 Å². The van der Waals surface area contributed by atoms with Crippen LogP contribution < -0.4 is 5.73 Å². The molecule has 2 N–H and O–H groups in total. The van der Waals surface area contributed by atoms with Crippen LogP contribution in [0.25, 0.3) is 0 Å². The molecule has 1 heterocycles. The lowest BCUT2D eigenvalue weighted by atomic mass is 9.90. The minimum Gasteiger partial charge on any atom is -0.468 e. The van der Waals surface area contributed by atoms with Gasteiger partial charge in [-0.1, -0.05) is 30.3 Å². The van der Waals surface area contributed by atoms with Crippen molar-refractivity contribution in [2.75, 3.05) is 0 Å². The molecular weight excluding hydrogens is 260 g/mol. The van der Waals surface area contributed by atoms with Gasteiger partial charge in [-0.05, 0) is 43.4 Å². The fourth-order valence-corrected chi connectivity index (χ4v) is 3.20. The molecule has 0 aliphatic heterocycles. The first kappa shape index (κ1) is 14.4. The van der Waals surface area contributed by atoms with E-state index in [0.29, 0.717) is 12.1 Å². The quantitative estimate of drug-likeness (QED) is 0.913.